The Bertz CT molecular complexity index is 1050. The second-order valence-corrected chi connectivity index (χ2v) is 8.23. The van der Waals surface area contributed by atoms with Crippen molar-refractivity contribution in [3.63, 3.8) is 0 Å². The largest absolute Gasteiger partial charge is 0.497 e. The molecule has 0 saturated heterocycles. The summed E-state index contributed by atoms with van der Waals surface area (Å²) < 4.78 is 36.3. The van der Waals surface area contributed by atoms with Crippen LogP contribution in [0.15, 0.2) is 94.2 Å². The SMILES string of the molecule is COc1cccc(S(=O)(=O)c2ccc(CN3C=CC4=CCOC4=C3)cc2)c1. The van der Waals surface area contributed by atoms with Gasteiger partial charge in [0.15, 0.2) is 0 Å². The van der Waals surface area contributed by atoms with Gasteiger partial charge < -0.3 is 14.4 Å². The van der Waals surface area contributed by atoms with E-state index in [2.05, 4.69) is 0 Å². The molecule has 138 valence electrons. The molecule has 2 heterocycles. The van der Waals surface area contributed by atoms with Gasteiger partial charge in [-0.15, -0.1) is 0 Å². The number of allylic oxidation sites excluding steroid dienone is 1. The Morgan fingerprint density at radius 2 is 1.93 bits per heavy atom. The maximum absolute atomic E-state index is 12.8. The maximum atomic E-state index is 12.8. The first-order chi connectivity index (χ1) is 13.1. The number of nitrogens with zero attached hydrogens (tertiary/aromatic N) is 1. The van der Waals surface area contributed by atoms with Gasteiger partial charge in [-0.25, -0.2) is 8.42 Å². The van der Waals surface area contributed by atoms with Crippen LogP contribution in [0.3, 0.4) is 0 Å². The van der Waals surface area contributed by atoms with E-state index >= 15 is 0 Å². The van der Waals surface area contributed by atoms with Crippen LogP contribution >= 0.6 is 0 Å². The molecule has 6 heteroatoms. The number of benzene rings is 2. The fraction of sp³-hybridized carbons (Fsp3) is 0.143. The van der Waals surface area contributed by atoms with Crippen molar-refractivity contribution in [2.75, 3.05) is 13.7 Å². The topological polar surface area (TPSA) is 55.8 Å². The maximum Gasteiger partial charge on any atom is 0.206 e. The lowest BCUT2D eigenvalue weighted by Gasteiger charge is -2.20. The molecule has 0 fully saturated rings. The highest BCUT2D eigenvalue weighted by atomic mass is 32.2. The van der Waals surface area contributed by atoms with Crippen molar-refractivity contribution in [1.29, 1.82) is 0 Å². The Balaban J connectivity index is 1.53. The lowest BCUT2D eigenvalue weighted by molar-refractivity contribution is 0.265. The van der Waals surface area contributed by atoms with E-state index in [1.165, 1.54) is 13.2 Å². The van der Waals surface area contributed by atoms with Crippen molar-refractivity contribution in [1.82, 2.24) is 4.90 Å². The smallest absolute Gasteiger partial charge is 0.206 e. The molecule has 27 heavy (non-hydrogen) atoms. The zero-order valence-electron chi connectivity index (χ0n) is 14.8. The van der Waals surface area contributed by atoms with Crippen molar-refractivity contribution >= 4 is 9.84 Å². The van der Waals surface area contributed by atoms with E-state index in [1.54, 1.807) is 30.3 Å². The normalized spacial score (nSPS) is 15.7. The molecule has 0 aliphatic carbocycles. The van der Waals surface area contributed by atoms with E-state index in [1.807, 2.05) is 41.6 Å². The fourth-order valence-corrected chi connectivity index (χ4v) is 4.32. The lowest BCUT2D eigenvalue weighted by atomic mass is 10.1. The molecule has 2 aromatic rings. The molecular formula is C21H19NO4S. The third-order valence-electron chi connectivity index (χ3n) is 4.51. The minimum Gasteiger partial charge on any atom is -0.497 e. The van der Waals surface area contributed by atoms with Gasteiger partial charge in [-0.2, -0.15) is 0 Å². The van der Waals surface area contributed by atoms with Crippen LogP contribution in [0, 0.1) is 0 Å². The van der Waals surface area contributed by atoms with Crippen LogP contribution in [0.2, 0.25) is 0 Å². The molecule has 4 rings (SSSR count). The van der Waals surface area contributed by atoms with Crippen LogP contribution in [0.25, 0.3) is 0 Å². The van der Waals surface area contributed by atoms with Gasteiger partial charge >= 0.3 is 0 Å². The minimum atomic E-state index is -3.58. The van der Waals surface area contributed by atoms with Gasteiger partial charge in [0.05, 0.1) is 16.9 Å². The molecule has 0 amide bonds. The summed E-state index contributed by atoms with van der Waals surface area (Å²) in [5.74, 6) is 1.38. The third-order valence-corrected chi connectivity index (χ3v) is 6.27. The van der Waals surface area contributed by atoms with Crippen LogP contribution in [0.5, 0.6) is 5.75 Å². The van der Waals surface area contributed by atoms with Crippen LogP contribution < -0.4 is 4.74 Å². The first-order valence-electron chi connectivity index (χ1n) is 8.53. The number of ether oxygens (including phenoxy) is 2. The van der Waals surface area contributed by atoms with Gasteiger partial charge in [0, 0.05) is 24.5 Å². The molecule has 0 atom stereocenters. The summed E-state index contributed by atoms with van der Waals surface area (Å²) in [4.78, 5) is 2.50. The summed E-state index contributed by atoms with van der Waals surface area (Å²) >= 11 is 0. The highest BCUT2D eigenvalue weighted by molar-refractivity contribution is 7.91. The summed E-state index contributed by atoms with van der Waals surface area (Å²) in [6.07, 6.45) is 8.01. The van der Waals surface area contributed by atoms with Crippen molar-refractivity contribution < 1.29 is 17.9 Å². The summed E-state index contributed by atoms with van der Waals surface area (Å²) in [7, 11) is -2.07. The fourth-order valence-electron chi connectivity index (χ4n) is 3.02. The standard InChI is InChI=1S/C21H19NO4S/c1-25-18-3-2-4-20(13-18)27(23,24)19-7-5-16(6-8-19)14-22-11-9-17-10-12-26-21(17)15-22/h2-11,13,15H,12,14H2,1H3. The summed E-state index contributed by atoms with van der Waals surface area (Å²) in [6.45, 7) is 1.24. The molecule has 0 unspecified atom stereocenters. The van der Waals surface area contributed by atoms with Gasteiger partial charge in [-0.05, 0) is 48.0 Å². The van der Waals surface area contributed by atoms with Gasteiger partial charge in [-0.3, -0.25) is 0 Å². The highest BCUT2D eigenvalue weighted by Crippen LogP contribution is 2.27. The highest BCUT2D eigenvalue weighted by Gasteiger charge is 2.19. The molecular weight excluding hydrogens is 362 g/mol. The molecule has 0 aromatic heterocycles. The molecule has 2 aliphatic heterocycles. The molecule has 0 spiro atoms. The van der Waals surface area contributed by atoms with E-state index in [0.29, 0.717) is 18.9 Å². The van der Waals surface area contributed by atoms with E-state index < -0.39 is 9.84 Å². The van der Waals surface area contributed by atoms with Crippen molar-refractivity contribution in [3.8, 4) is 5.75 Å². The summed E-state index contributed by atoms with van der Waals surface area (Å²) in [5.41, 5.74) is 2.11. The van der Waals surface area contributed by atoms with E-state index in [9.17, 15) is 8.42 Å². The summed E-state index contributed by atoms with van der Waals surface area (Å²) in [6, 6.07) is 13.4. The number of sulfone groups is 1. The Morgan fingerprint density at radius 1 is 1.11 bits per heavy atom. The number of methoxy groups -OCH3 is 1. The average molecular weight is 381 g/mol. The first-order valence-corrected chi connectivity index (χ1v) is 10.0. The zero-order valence-corrected chi connectivity index (χ0v) is 15.6. The third kappa shape index (κ3) is 3.48. The Kier molecular flexibility index (Phi) is 4.49. The Hall–Kier alpha value is -2.99. The predicted octanol–water partition coefficient (Wildman–Crippen LogP) is 3.66. The van der Waals surface area contributed by atoms with Gasteiger partial charge in [0.2, 0.25) is 9.84 Å². The average Bonchev–Trinajstić information content (AvgIpc) is 3.16. The molecule has 0 saturated carbocycles. The molecule has 0 radical (unpaired) electrons. The molecule has 2 aliphatic rings. The van der Waals surface area contributed by atoms with E-state index in [0.717, 1.165) is 16.9 Å². The second-order valence-electron chi connectivity index (χ2n) is 6.28. The molecule has 5 nitrogen and oxygen atoms in total. The predicted molar refractivity (Wildman–Crippen MR) is 102 cm³/mol. The number of hydrogen-bond donors (Lipinski definition) is 0. The van der Waals surface area contributed by atoms with Gasteiger partial charge in [0.1, 0.15) is 18.1 Å². The van der Waals surface area contributed by atoms with Gasteiger partial charge in [0.25, 0.3) is 0 Å². The lowest BCUT2D eigenvalue weighted by Crippen LogP contribution is -2.13. The summed E-state index contributed by atoms with van der Waals surface area (Å²) in [5, 5.41) is 0. The van der Waals surface area contributed by atoms with Crippen LogP contribution in [-0.4, -0.2) is 27.0 Å². The van der Waals surface area contributed by atoms with Crippen molar-refractivity contribution in [3.05, 3.63) is 90.0 Å². The van der Waals surface area contributed by atoms with Gasteiger partial charge in [-0.1, -0.05) is 18.2 Å². The Labute approximate surface area is 158 Å². The quantitative estimate of drug-likeness (QED) is 0.791. The van der Waals surface area contributed by atoms with Crippen molar-refractivity contribution in [2.45, 2.75) is 16.3 Å². The number of rotatable bonds is 5. The van der Waals surface area contributed by atoms with E-state index in [-0.39, 0.29) is 9.79 Å². The van der Waals surface area contributed by atoms with Crippen LogP contribution in [0.1, 0.15) is 5.56 Å². The van der Waals surface area contributed by atoms with E-state index in [4.69, 9.17) is 9.47 Å². The molecule has 2 aromatic carbocycles. The monoisotopic (exact) mass is 381 g/mol. The Morgan fingerprint density at radius 3 is 2.70 bits per heavy atom. The molecule has 0 N–H and O–H groups in total. The van der Waals surface area contributed by atoms with Crippen molar-refractivity contribution in [2.24, 2.45) is 0 Å². The second kappa shape index (κ2) is 6.96. The number of hydrogen-bond acceptors (Lipinski definition) is 5. The number of fused-ring (bicyclic) bond motifs is 1. The first kappa shape index (κ1) is 17.4. The minimum absolute atomic E-state index is 0.219. The van der Waals surface area contributed by atoms with Crippen LogP contribution in [0.4, 0.5) is 0 Å². The molecule has 0 bridgehead atoms. The zero-order chi connectivity index (χ0) is 18.9. The van der Waals surface area contributed by atoms with Crippen LogP contribution in [-0.2, 0) is 21.1 Å².